The molecule has 0 atom stereocenters. The first kappa shape index (κ1) is 11.0. The van der Waals surface area contributed by atoms with Gasteiger partial charge < -0.3 is 0 Å². The molecule has 1 aromatic rings. The Labute approximate surface area is 86.1 Å². The van der Waals surface area contributed by atoms with Crippen molar-refractivity contribution in [1.29, 1.82) is 0 Å². The van der Waals surface area contributed by atoms with Gasteiger partial charge in [-0.1, -0.05) is 43.7 Å². The van der Waals surface area contributed by atoms with Crippen molar-refractivity contribution >= 4 is 5.78 Å². The molecule has 0 heterocycles. The Bertz CT molecular complexity index is 313. The molecule has 14 heavy (non-hydrogen) atoms. The first-order valence-electron chi connectivity index (χ1n) is 5.18. The maximum atomic E-state index is 11.4. The summed E-state index contributed by atoms with van der Waals surface area (Å²) in [5, 5.41) is 0. The van der Waals surface area contributed by atoms with Crippen LogP contribution in [0.25, 0.3) is 0 Å². The molecular weight excluding hydrogens is 172 g/mol. The third-order valence-electron chi connectivity index (χ3n) is 2.39. The highest BCUT2D eigenvalue weighted by molar-refractivity contribution is 5.80. The van der Waals surface area contributed by atoms with Crippen molar-refractivity contribution in [3.63, 3.8) is 0 Å². The Kier molecular flexibility index (Phi) is 3.87. The number of carbonyl (C=O) groups is 1. The molecule has 1 heteroatoms. The second kappa shape index (κ2) is 4.94. The van der Waals surface area contributed by atoms with Gasteiger partial charge >= 0.3 is 0 Å². The lowest BCUT2D eigenvalue weighted by molar-refractivity contribution is -0.121. The molecule has 0 fully saturated rings. The van der Waals surface area contributed by atoms with Gasteiger partial charge in [-0.05, 0) is 18.9 Å². The highest BCUT2D eigenvalue weighted by Crippen LogP contribution is 2.08. The van der Waals surface area contributed by atoms with Crippen molar-refractivity contribution in [3.8, 4) is 0 Å². The predicted octanol–water partition coefficient (Wildman–Crippen LogP) is 3.15. The van der Waals surface area contributed by atoms with Crippen LogP contribution in [-0.2, 0) is 11.2 Å². The van der Waals surface area contributed by atoms with E-state index in [4.69, 9.17) is 0 Å². The van der Waals surface area contributed by atoms with E-state index in [1.54, 1.807) is 0 Å². The summed E-state index contributed by atoms with van der Waals surface area (Å²) >= 11 is 0. The quantitative estimate of drug-likeness (QED) is 0.712. The number of carbonyl (C=O) groups excluding carboxylic acids is 1. The molecule has 0 aliphatic heterocycles. The van der Waals surface area contributed by atoms with E-state index in [1.165, 1.54) is 11.1 Å². The highest BCUT2D eigenvalue weighted by atomic mass is 16.1. The molecule has 1 aromatic carbocycles. The maximum absolute atomic E-state index is 11.4. The van der Waals surface area contributed by atoms with Gasteiger partial charge in [0, 0.05) is 12.3 Å². The summed E-state index contributed by atoms with van der Waals surface area (Å²) in [7, 11) is 0. The van der Waals surface area contributed by atoms with Crippen LogP contribution in [0, 0.1) is 12.8 Å². The van der Waals surface area contributed by atoms with Crippen molar-refractivity contribution in [2.45, 2.75) is 33.6 Å². The van der Waals surface area contributed by atoms with Crippen LogP contribution < -0.4 is 0 Å². The SMILES string of the molecule is Cc1cccc(CCC(=O)C(C)C)c1. The Balaban J connectivity index is 2.50. The van der Waals surface area contributed by atoms with Gasteiger partial charge in [-0.3, -0.25) is 4.79 Å². The molecule has 76 valence electrons. The Hall–Kier alpha value is -1.11. The van der Waals surface area contributed by atoms with Crippen LogP contribution in [0.15, 0.2) is 24.3 Å². The van der Waals surface area contributed by atoms with Gasteiger partial charge in [0.25, 0.3) is 0 Å². The van der Waals surface area contributed by atoms with E-state index in [-0.39, 0.29) is 5.92 Å². The fourth-order valence-corrected chi connectivity index (χ4v) is 1.42. The van der Waals surface area contributed by atoms with Gasteiger partial charge in [0.1, 0.15) is 5.78 Å². The fraction of sp³-hybridized carbons (Fsp3) is 0.462. The smallest absolute Gasteiger partial charge is 0.135 e. The van der Waals surface area contributed by atoms with E-state index >= 15 is 0 Å². The largest absolute Gasteiger partial charge is 0.299 e. The maximum Gasteiger partial charge on any atom is 0.135 e. The number of Topliss-reactive ketones (excluding diaryl/α,β-unsaturated/α-hetero) is 1. The van der Waals surface area contributed by atoms with Gasteiger partial charge in [-0.2, -0.15) is 0 Å². The number of benzene rings is 1. The summed E-state index contributed by atoms with van der Waals surface area (Å²) in [6.07, 6.45) is 1.54. The lowest BCUT2D eigenvalue weighted by Gasteiger charge is -2.04. The third-order valence-corrected chi connectivity index (χ3v) is 2.39. The summed E-state index contributed by atoms with van der Waals surface area (Å²) in [4.78, 5) is 11.4. The lowest BCUT2D eigenvalue weighted by Crippen LogP contribution is -2.07. The van der Waals surface area contributed by atoms with Crippen molar-refractivity contribution in [3.05, 3.63) is 35.4 Å². The van der Waals surface area contributed by atoms with Gasteiger partial charge in [0.15, 0.2) is 0 Å². The van der Waals surface area contributed by atoms with Crippen LogP contribution in [0.3, 0.4) is 0 Å². The van der Waals surface area contributed by atoms with Crippen LogP contribution >= 0.6 is 0 Å². The van der Waals surface area contributed by atoms with Gasteiger partial charge in [0.2, 0.25) is 0 Å². The monoisotopic (exact) mass is 190 g/mol. The van der Waals surface area contributed by atoms with Gasteiger partial charge in [0.05, 0.1) is 0 Å². The minimum atomic E-state index is 0.166. The number of ketones is 1. The van der Waals surface area contributed by atoms with E-state index in [1.807, 2.05) is 19.9 Å². The van der Waals surface area contributed by atoms with E-state index in [0.717, 1.165) is 6.42 Å². The Morgan fingerprint density at radius 1 is 1.36 bits per heavy atom. The first-order chi connectivity index (χ1) is 6.59. The summed E-state index contributed by atoms with van der Waals surface area (Å²) in [5.41, 5.74) is 2.53. The summed E-state index contributed by atoms with van der Waals surface area (Å²) < 4.78 is 0. The van der Waals surface area contributed by atoms with Crippen molar-refractivity contribution in [2.24, 2.45) is 5.92 Å². The Morgan fingerprint density at radius 2 is 2.07 bits per heavy atom. The fourth-order valence-electron chi connectivity index (χ4n) is 1.42. The molecular formula is C13H18O. The highest BCUT2D eigenvalue weighted by Gasteiger charge is 2.06. The van der Waals surface area contributed by atoms with Crippen LogP contribution in [0.4, 0.5) is 0 Å². The molecule has 0 spiro atoms. The third kappa shape index (κ3) is 3.33. The van der Waals surface area contributed by atoms with Crippen LogP contribution in [0.1, 0.15) is 31.4 Å². The van der Waals surface area contributed by atoms with Crippen LogP contribution in [-0.4, -0.2) is 5.78 Å². The van der Waals surface area contributed by atoms with E-state index in [2.05, 4.69) is 25.1 Å². The number of rotatable bonds is 4. The van der Waals surface area contributed by atoms with Gasteiger partial charge in [-0.15, -0.1) is 0 Å². The lowest BCUT2D eigenvalue weighted by atomic mass is 10.0. The minimum absolute atomic E-state index is 0.166. The molecule has 0 radical (unpaired) electrons. The van der Waals surface area contributed by atoms with Crippen LogP contribution in [0.2, 0.25) is 0 Å². The standard InChI is InChI=1S/C13H18O/c1-10(2)13(14)8-7-12-6-4-5-11(3)9-12/h4-6,9-10H,7-8H2,1-3H3. The Morgan fingerprint density at radius 3 is 2.64 bits per heavy atom. The van der Waals surface area contributed by atoms with Crippen molar-refractivity contribution in [2.75, 3.05) is 0 Å². The van der Waals surface area contributed by atoms with E-state index < -0.39 is 0 Å². The molecule has 1 rings (SSSR count). The first-order valence-corrected chi connectivity index (χ1v) is 5.18. The molecule has 1 nitrogen and oxygen atoms in total. The molecule has 0 bridgehead atoms. The molecule has 0 amide bonds. The summed E-state index contributed by atoms with van der Waals surface area (Å²) in [5.74, 6) is 0.520. The molecule has 0 N–H and O–H groups in total. The topological polar surface area (TPSA) is 17.1 Å². The molecule has 0 aliphatic carbocycles. The predicted molar refractivity (Wildman–Crippen MR) is 59.3 cm³/mol. The molecule has 0 unspecified atom stereocenters. The van der Waals surface area contributed by atoms with Crippen molar-refractivity contribution < 1.29 is 4.79 Å². The average molecular weight is 190 g/mol. The summed E-state index contributed by atoms with van der Waals surface area (Å²) in [6, 6.07) is 8.35. The molecule has 0 saturated heterocycles. The van der Waals surface area contributed by atoms with E-state index in [9.17, 15) is 4.79 Å². The van der Waals surface area contributed by atoms with Gasteiger partial charge in [-0.25, -0.2) is 0 Å². The number of aryl methyl sites for hydroxylation is 2. The second-order valence-corrected chi connectivity index (χ2v) is 4.11. The molecule has 0 aliphatic rings. The zero-order chi connectivity index (χ0) is 10.6. The molecule has 0 saturated carbocycles. The molecule has 0 aromatic heterocycles. The second-order valence-electron chi connectivity index (χ2n) is 4.11. The minimum Gasteiger partial charge on any atom is -0.299 e. The zero-order valence-electron chi connectivity index (χ0n) is 9.21. The number of hydrogen-bond acceptors (Lipinski definition) is 1. The number of hydrogen-bond donors (Lipinski definition) is 0. The van der Waals surface area contributed by atoms with Crippen molar-refractivity contribution in [1.82, 2.24) is 0 Å². The summed E-state index contributed by atoms with van der Waals surface area (Å²) in [6.45, 7) is 5.99. The average Bonchev–Trinajstić information content (AvgIpc) is 2.14. The van der Waals surface area contributed by atoms with Crippen LogP contribution in [0.5, 0.6) is 0 Å². The normalized spacial score (nSPS) is 10.6. The van der Waals surface area contributed by atoms with E-state index in [0.29, 0.717) is 12.2 Å². The zero-order valence-corrected chi connectivity index (χ0v) is 9.21.